The van der Waals surface area contributed by atoms with Gasteiger partial charge in [0.2, 0.25) is 17.7 Å². The molecule has 0 saturated carbocycles. The molecule has 10 heteroatoms. The molecular weight excluding hydrogens is 416 g/mol. The Balaban J connectivity index is 2.05. The molecule has 1 aliphatic heterocycles. The summed E-state index contributed by atoms with van der Waals surface area (Å²) in [4.78, 5) is 50.9. The monoisotopic (exact) mass is 448 g/mol. The molecule has 0 aliphatic carbocycles. The van der Waals surface area contributed by atoms with Crippen LogP contribution in [0.5, 0.6) is 5.75 Å². The van der Waals surface area contributed by atoms with Crippen LogP contribution in [0.1, 0.15) is 39.2 Å². The lowest BCUT2D eigenvalue weighted by molar-refractivity contribution is -0.145. The molecule has 1 aromatic rings. The molecule has 3 amide bonds. The van der Waals surface area contributed by atoms with Gasteiger partial charge in [0.15, 0.2) is 0 Å². The fourth-order valence-corrected chi connectivity index (χ4v) is 3.61. The van der Waals surface area contributed by atoms with E-state index in [0.29, 0.717) is 19.4 Å². The van der Waals surface area contributed by atoms with Gasteiger partial charge in [-0.05, 0) is 49.8 Å². The van der Waals surface area contributed by atoms with E-state index >= 15 is 0 Å². The number of benzene rings is 1. The van der Waals surface area contributed by atoms with Crippen LogP contribution in [0.2, 0.25) is 0 Å². The Kier molecular flexibility index (Phi) is 8.59. The third-order valence-corrected chi connectivity index (χ3v) is 5.53. The smallest absolute Gasteiger partial charge is 0.325 e. The van der Waals surface area contributed by atoms with Crippen molar-refractivity contribution < 1.29 is 29.4 Å². The van der Waals surface area contributed by atoms with Gasteiger partial charge in [-0.25, -0.2) is 0 Å². The van der Waals surface area contributed by atoms with Crippen molar-refractivity contribution in [2.24, 2.45) is 11.7 Å². The number of nitrogens with one attached hydrogen (secondary N) is 2. The molecule has 4 unspecified atom stereocenters. The molecule has 0 aromatic heterocycles. The van der Waals surface area contributed by atoms with Gasteiger partial charge in [-0.2, -0.15) is 0 Å². The number of nitrogens with zero attached hydrogens (tertiary/aromatic N) is 1. The van der Waals surface area contributed by atoms with Gasteiger partial charge in [-0.15, -0.1) is 0 Å². The van der Waals surface area contributed by atoms with Crippen molar-refractivity contribution in [3.05, 3.63) is 29.8 Å². The predicted molar refractivity (Wildman–Crippen MR) is 117 cm³/mol. The van der Waals surface area contributed by atoms with Crippen LogP contribution in [0.25, 0.3) is 0 Å². The molecule has 1 saturated heterocycles. The molecule has 2 rings (SSSR count). The molecular formula is C22H32N4O6. The number of phenolic OH excluding ortho intramolecular Hbond substituents is 1. The lowest BCUT2D eigenvalue weighted by Crippen LogP contribution is -2.58. The van der Waals surface area contributed by atoms with E-state index in [4.69, 9.17) is 10.8 Å². The van der Waals surface area contributed by atoms with Crippen molar-refractivity contribution >= 4 is 23.7 Å². The Morgan fingerprint density at radius 3 is 2.31 bits per heavy atom. The third-order valence-electron chi connectivity index (χ3n) is 5.53. The largest absolute Gasteiger partial charge is 0.508 e. The topological polar surface area (TPSA) is 162 Å². The highest BCUT2D eigenvalue weighted by Crippen LogP contribution is 2.21. The summed E-state index contributed by atoms with van der Waals surface area (Å²) in [6.45, 7) is 5.27. The SMILES string of the molecule is CC(NC(=O)C1CCCN1C(=O)C(NC(=O)C(N)Cc1ccc(O)cc1)C(C)C)C(=O)O. The Hall–Kier alpha value is -3.14. The molecule has 6 N–H and O–H groups in total. The number of aromatic hydroxyl groups is 1. The second-order valence-electron chi connectivity index (χ2n) is 8.47. The first kappa shape index (κ1) is 25.1. The van der Waals surface area contributed by atoms with E-state index in [9.17, 15) is 24.3 Å². The summed E-state index contributed by atoms with van der Waals surface area (Å²) in [6, 6.07) is 2.71. The van der Waals surface area contributed by atoms with Gasteiger partial charge in [0, 0.05) is 6.54 Å². The highest BCUT2D eigenvalue weighted by Gasteiger charge is 2.39. The predicted octanol–water partition coefficient (Wildman–Crippen LogP) is -0.0169. The van der Waals surface area contributed by atoms with Crippen LogP contribution in [0.15, 0.2) is 24.3 Å². The molecule has 0 bridgehead atoms. The molecule has 1 heterocycles. The molecule has 10 nitrogen and oxygen atoms in total. The molecule has 4 atom stereocenters. The van der Waals surface area contributed by atoms with Crippen molar-refractivity contribution in [1.29, 1.82) is 0 Å². The summed E-state index contributed by atoms with van der Waals surface area (Å²) in [6.07, 6.45) is 1.25. The van der Waals surface area contributed by atoms with Crippen molar-refractivity contribution in [2.45, 2.75) is 64.2 Å². The van der Waals surface area contributed by atoms with Crippen LogP contribution >= 0.6 is 0 Å². The number of carbonyl (C=O) groups is 4. The normalized spacial score (nSPS) is 18.7. The number of likely N-dealkylation sites (tertiary alicyclic amines) is 1. The zero-order chi connectivity index (χ0) is 24.0. The van der Waals surface area contributed by atoms with E-state index in [-0.39, 0.29) is 18.1 Å². The maximum Gasteiger partial charge on any atom is 0.325 e. The molecule has 1 aliphatic rings. The van der Waals surface area contributed by atoms with Gasteiger partial charge >= 0.3 is 5.97 Å². The Morgan fingerprint density at radius 2 is 1.75 bits per heavy atom. The molecule has 1 aromatic carbocycles. The molecule has 176 valence electrons. The first-order valence-electron chi connectivity index (χ1n) is 10.7. The van der Waals surface area contributed by atoms with Crippen molar-refractivity contribution in [3.63, 3.8) is 0 Å². The minimum atomic E-state index is -1.16. The van der Waals surface area contributed by atoms with Crippen LogP contribution in [0, 0.1) is 5.92 Å². The van der Waals surface area contributed by atoms with Crippen LogP contribution < -0.4 is 16.4 Å². The minimum Gasteiger partial charge on any atom is -0.508 e. The average Bonchev–Trinajstić information content (AvgIpc) is 3.22. The van der Waals surface area contributed by atoms with E-state index in [2.05, 4.69) is 10.6 Å². The fourth-order valence-electron chi connectivity index (χ4n) is 3.61. The molecule has 0 spiro atoms. The zero-order valence-electron chi connectivity index (χ0n) is 18.6. The summed E-state index contributed by atoms with van der Waals surface area (Å²) >= 11 is 0. The van der Waals surface area contributed by atoms with Crippen molar-refractivity contribution in [3.8, 4) is 5.75 Å². The number of hydrogen-bond donors (Lipinski definition) is 5. The van der Waals surface area contributed by atoms with Crippen molar-refractivity contribution in [2.75, 3.05) is 6.54 Å². The van der Waals surface area contributed by atoms with E-state index in [1.807, 2.05) is 0 Å². The summed E-state index contributed by atoms with van der Waals surface area (Å²) < 4.78 is 0. The standard InChI is InChI=1S/C22H32N4O6/c1-12(2)18(25-19(28)16(23)11-14-6-8-15(27)9-7-14)21(30)26-10-4-5-17(26)20(29)24-13(3)22(31)32/h6-9,12-13,16-18,27H,4-5,10-11,23H2,1-3H3,(H,24,29)(H,25,28)(H,31,32). The highest BCUT2D eigenvalue weighted by molar-refractivity contribution is 5.94. The maximum atomic E-state index is 13.2. The van der Waals surface area contributed by atoms with E-state index in [0.717, 1.165) is 5.56 Å². The number of carboxylic acids is 1. The van der Waals surface area contributed by atoms with Gasteiger partial charge in [0.25, 0.3) is 0 Å². The van der Waals surface area contributed by atoms with Crippen LogP contribution in [0.4, 0.5) is 0 Å². The first-order valence-corrected chi connectivity index (χ1v) is 10.7. The molecule has 1 fully saturated rings. The Bertz CT molecular complexity index is 841. The Labute approximate surface area is 187 Å². The number of hydrogen-bond acceptors (Lipinski definition) is 6. The zero-order valence-corrected chi connectivity index (χ0v) is 18.6. The maximum absolute atomic E-state index is 13.2. The number of carboxylic acid groups (broad SMARTS) is 1. The minimum absolute atomic E-state index is 0.110. The highest BCUT2D eigenvalue weighted by atomic mass is 16.4. The summed E-state index contributed by atoms with van der Waals surface area (Å²) in [5.41, 5.74) is 6.79. The molecule has 0 radical (unpaired) electrons. The fraction of sp³-hybridized carbons (Fsp3) is 0.545. The number of carbonyl (C=O) groups excluding carboxylic acids is 3. The number of aliphatic carboxylic acids is 1. The van der Waals surface area contributed by atoms with Crippen LogP contribution in [-0.4, -0.2) is 69.5 Å². The van der Waals surface area contributed by atoms with Gasteiger partial charge in [-0.1, -0.05) is 26.0 Å². The summed E-state index contributed by atoms with van der Waals surface area (Å²) in [5.74, 6) is -2.72. The van der Waals surface area contributed by atoms with Gasteiger partial charge in [0.05, 0.1) is 6.04 Å². The Morgan fingerprint density at radius 1 is 1.12 bits per heavy atom. The number of nitrogens with two attached hydrogens (primary N) is 1. The number of rotatable bonds is 9. The van der Waals surface area contributed by atoms with E-state index in [1.165, 1.54) is 24.0 Å². The van der Waals surface area contributed by atoms with E-state index < -0.39 is 47.9 Å². The number of amides is 3. The lowest BCUT2D eigenvalue weighted by atomic mass is 10.0. The van der Waals surface area contributed by atoms with Gasteiger partial charge in [-0.3, -0.25) is 19.2 Å². The lowest BCUT2D eigenvalue weighted by Gasteiger charge is -2.31. The number of phenols is 1. The third kappa shape index (κ3) is 6.43. The quantitative estimate of drug-likeness (QED) is 0.355. The van der Waals surface area contributed by atoms with Crippen molar-refractivity contribution in [1.82, 2.24) is 15.5 Å². The average molecular weight is 449 g/mol. The summed E-state index contributed by atoms with van der Waals surface area (Å²) in [7, 11) is 0. The van der Waals surface area contributed by atoms with Gasteiger partial charge < -0.3 is 31.5 Å². The molecule has 32 heavy (non-hydrogen) atoms. The van der Waals surface area contributed by atoms with Gasteiger partial charge in [0.1, 0.15) is 23.9 Å². The van der Waals surface area contributed by atoms with Crippen LogP contribution in [-0.2, 0) is 25.6 Å². The van der Waals surface area contributed by atoms with E-state index in [1.54, 1.807) is 26.0 Å². The van der Waals surface area contributed by atoms with Crippen LogP contribution in [0.3, 0.4) is 0 Å². The first-order chi connectivity index (χ1) is 15.0. The summed E-state index contributed by atoms with van der Waals surface area (Å²) in [5, 5.41) is 23.5. The second-order valence-corrected chi connectivity index (χ2v) is 8.47. The second kappa shape index (κ2) is 10.9.